The molecule has 0 fully saturated rings. The molecular weight excluding hydrogens is 244 g/mol. The zero-order chi connectivity index (χ0) is 13.1. The SMILES string of the molecule is O=C(/C=C/C1=CCCO1)Cc1ccc2c(c1)OCO2. The van der Waals surface area contributed by atoms with Crippen molar-refractivity contribution in [3.8, 4) is 11.5 Å². The maximum Gasteiger partial charge on any atom is 0.231 e. The van der Waals surface area contributed by atoms with E-state index in [1.54, 1.807) is 12.2 Å². The summed E-state index contributed by atoms with van der Waals surface area (Å²) >= 11 is 0. The summed E-state index contributed by atoms with van der Waals surface area (Å²) in [6, 6.07) is 5.56. The molecule has 3 rings (SSSR count). The Kier molecular flexibility index (Phi) is 3.23. The molecular formula is C15H14O4. The topological polar surface area (TPSA) is 44.8 Å². The molecule has 0 aromatic heterocycles. The minimum Gasteiger partial charge on any atom is -0.494 e. The van der Waals surface area contributed by atoms with Gasteiger partial charge in [0.1, 0.15) is 5.76 Å². The number of carbonyl (C=O) groups excluding carboxylic acids is 1. The molecule has 0 saturated carbocycles. The van der Waals surface area contributed by atoms with Crippen LogP contribution in [0.1, 0.15) is 12.0 Å². The number of allylic oxidation sites excluding steroid dienone is 2. The third-order valence-corrected chi connectivity index (χ3v) is 2.98. The fourth-order valence-electron chi connectivity index (χ4n) is 2.04. The van der Waals surface area contributed by atoms with Gasteiger partial charge in [0.15, 0.2) is 17.3 Å². The van der Waals surface area contributed by atoms with Gasteiger partial charge in [0.05, 0.1) is 6.61 Å². The van der Waals surface area contributed by atoms with Crippen molar-refractivity contribution >= 4 is 5.78 Å². The van der Waals surface area contributed by atoms with Gasteiger partial charge in [-0.05, 0) is 35.9 Å². The fraction of sp³-hybridized carbons (Fsp3) is 0.267. The van der Waals surface area contributed by atoms with E-state index in [2.05, 4.69) is 0 Å². The largest absolute Gasteiger partial charge is 0.494 e. The Morgan fingerprint density at radius 2 is 2.11 bits per heavy atom. The first kappa shape index (κ1) is 11.8. The Hall–Kier alpha value is -2.23. The van der Waals surface area contributed by atoms with E-state index in [0.717, 1.165) is 23.5 Å². The Morgan fingerprint density at radius 3 is 2.95 bits per heavy atom. The Balaban J connectivity index is 1.63. The van der Waals surface area contributed by atoms with E-state index in [1.165, 1.54) is 0 Å². The van der Waals surface area contributed by atoms with Crippen LogP contribution < -0.4 is 9.47 Å². The second-order valence-corrected chi connectivity index (χ2v) is 4.41. The highest BCUT2D eigenvalue weighted by Gasteiger charge is 2.13. The molecule has 4 nitrogen and oxygen atoms in total. The van der Waals surface area contributed by atoms with E-state index < -0.39 is 0 Å². The lowest BCUT2D eigenvalue weighted by molar-refractivity contribution is -0.114. The van der Waals surface area contributed by atoms with E-state index in [9.17, 15) is 4.79 Å². The molecule has 0 saturated heterocycles. The maximum atomic E-state index is 11.8. The van der Waals surface area contributed by atoms with Gasteiger partial charge in [-0.2, -0.15) is 0 Å². The van der Waals surface area contributed by atoms with Gasteiger partial charge in [0.2, 0.25) is 6.79 Å². The molecule has 1 aromatic rings. The number of rotatable bonds is 4. The Bertz CT molecular complexity index is 557. The average Bonchev–Trinajstić information content (AvgIpc) is 3.07. The lowest BCUT2D eigenvalue weighted by Gasteiger charge is -2.00. The van der Waals surface area contributed by atoms with Crippen molar-refractivity contribution in [2.45, 2.75) is 12.8 Å². The highest BCUT2D eigenvalue weighted by atomic mass is 16.7. The zero-order valence-electron chi connectivity index (χ0n) is 10.4. The van der Waals surface area contributed by atoms with Crippen LogP contribution in [0, 0.1) is 0 Å². The molecule has 0 atom stereocenters. The van der Waals surface area contributed by atoms with Crippen molar-refractivity contribution in [1.29, 1.82) is 0 Å². The lowest BCUT2D eigenvalue weighted by Crippen LogP contribution is -1.98. The maximum absolute atomic E-state index is 11.8. The summed E-state index contributed by atoms with van der Waals surface area (Å²) in [4.78, 5) is 11.8. The van der Waals surface area contributed by atoms with Gasteiger partial charge < -0.3 is 14.2 Å². The van der Waals surface area contributed by atoms with Gasteiger partial charge in [-0.1, -0.05) is 6.07 Å². The van der Waals surface area contributed by atoms with E-state index >= 15 is 0 Å². The number of fused-ring (bicyclic) bond motifs is 1. The van der Waals surface area contributed by atoms with Crippen molar-refractivity contribution in [1.82, 2.24) is 0 Å². The summed E-state index contributed by atoms with van der Waals surface area (Å²) in [7, 11) is 0. The number of carbonyl (C=O) groups is 1. The van der Waals surface area contributed by atoms with E-state index in [1.807, 2.05) is 24.3 Å². The number of benzene rings is 1. The van der Waals surface area contributed by atoms with Crippen LogP contribution in [0.15, 0.2) is 42.2 Å². The van der Waals surface area contributed by atoms with Gasteiger partial charge in [-0.25, -0.2) is 0 Å². The molecule has 98 valence electrons. The second kappa shape index (κ2) is 5.18. The van der Waals surface area contributed by atoms with Crippen molar-refractivity contribution in [2.24, 2.45) is 0 Å². The smallest absolute Gasteiger partial charge is 0.231 e. The standard InChI is InChI=1S/C15H14O4/c16-12(4-5-13-2-1-7-17-13)8-11-3-6-14-15(9-11)19-10-18-14/h2-6,9H,1,7-8,10H2/b5-4+. The quantitative estimate of drug-likeness (QED) is 0.778. The number of hydrogen-bond acceptors (Lipinski definition) is 4. The van der Waals surface area contributed by atoms with E-state index in [0.29, 0.717) is 18.8 Å². The fourth-order valence-corrected chi connectivity index (χ4v) is 2.04. The highest BCUT2D eigenvalue weighted by Crippen LogP contribution is 2.32. The predicted octanol–water partition coefficient (Wildman–Crippen LogP) is 2.39. The van der Waals surface area contributed by atoms with Crippen LogP contribution in [0.5, 0.6) is 11.5 Å². The molecule has 2 aliphatic heterocycles. The van der Waals surface area contributed by atoms with Gasteiger partial charge in [0, 0.05) is 12.8 Å². The first-order valence-corrected chi connectivity index (χ1v) is 6.24. The molecule has 2 heterocycles. The molecule has 0 aliphatic carbocycles. The van der Waals surface area contributed by atoms with Crippen LogP contribution in [0.25, 0.3) is 0 Å². The number of ether oxygens (including phenoxy) is 3. The van der Waals surface area contributed by atoms with Crippen LogP contribution in [0.3, 0.4) is 0 Å². The third-order valence-electron chi connectivity index (χ3n) is 2.98. The molecule has 1 aromatic carbocycles. The molecule has 0 radical (unpaired) electrons. The first-order valence-electron chi connectivity index (χ1n) is 6.24. The molecule has 2 aliphatic rings. The monoisotopic (exact) mass is 258 g/mol. The number of ketones is 1. The molecule has 0 unspecified atom stereocenters. The molecule has 0 N–H and O–H groups in total. The number of hydrogen-bond donors (Lipinski definition) is 0. The van der Waals surface area contributed by atoms with Crippen LogP contribution >= 0.6 is 0 Å². The molecule has 19 heavy (non-hydrogen) atoms. The molecule has 0 bridgehead atoms. The molecule has 0 amide bonds. The second-order valence-electron chi connectivity index (χ2n) is 4.41. The molecule has 0 spiro atoms. The Labute approximate surface area is 111 Å². The molecule has 4 heteroatoms. The minimum absolute atomic E-state index is 0.0373. The Morgan fingerprint density at radius 1 is 1.21 bits per heavy atom. The van der Waals surface area contributed by atoms with E-state index in [4.69, 9.17) is 14.2 Å². The van der Waals surface area contributed by atoms with E-state index in [-0.39, 0.29) is 12.6 Å². The minimum atomic E-state index is 0.0373. The van der Waals surface area contributed by atoms with Crippen LogP contribution in [0.4, 0.5) is 0 Å². The van der Waals surface area contributed by atoms with Gasteiger partial charge in [0.25, 0.3) is 0 Å². The summed E-state index contributed by atoms with van der Waals surface area (Å²) in [6.07, 6.45) is 6.52. The summed E-state index contributed by atoms with van der Waals surface area (Å²) in [5.74, 6) is 2.25. The van der Waals surface area contributed by atoms with Gasteiger partial charge >= 0.3 is 0 Å². The van der Waals surface area contributed by atoms with Crippen LogP contribution in [-0.4, -0.2) is 19.2 Å². The third kappa shape index (κ3) is 2.78. The predicted molar refractivity (Wildman–Crippen MR) is 69.1 cm³/mol. The van der Waals surface area contributed by atoms with Crippen molar-refractivity contribution in [2.75, 3.05) is 13.4 Å². The highest BCUT2D eigenvalue weighted by molar-refractivity contribution is 5.91. The average molecular weight is 258 g/mol. The van der Waals surface area contributed by atoms with Crippen LogP contribution in [-0.2, 0) is 16.0 Å². The van der Waals surface area contributed by atoms with Gasteiger partial charge in [-0.15, -0.1) is 0 Å². The van der Waals surface area contributed by atoms with Crippen LogP contribution in [0.2, 0.25) is 0 Å². The summed E-state index contributed by atoms with van der Waals surface area (Å²) in [5, 5.41) is 0. The lowest BCUT2D eigenvalue weighted by atomic mass is 10.1. The summed E-state index contributed by atoms with van der Waals surface area (Å²) < 4.78 is 15.8. The van der Waals surface area contributed by atoms with Crippen molar-refractivity contribution in [3.63, 3.8) is 0 Å². The summed E-state index contributed by atoms with van der Waals surface area (Å²) in [5.41, 5.74) is 0.917. The summed E-state index contributed by atoms with van der Waals surface area (Å²) in [6.45, 7) is 0.953. The van der Waals surface area contributed by atoms with Gasteiger partial charge in [-0.3, -0.25) is 4.79 Å². The normalized spacial score (nSPS) is 16.5. The van der Waals surface area contributed by atoms with Crippen molar-refractivity contribution in [3.05, 3.63) is 47.7 Å². The zero-order valence-corrected chi connectivity index (χ0v) is 10.4. The first-order chi connectivity index (χ1) is 9.31. The van der Waals surface area contributed by atoms with Crippen molar-refractivity contribution < 1.29 is 19.0 Å².